The lowest BCUT2D eigenvalue weighted by Gasteiger charge is -2.08. The number of hydrogen-bond donors (Lipinski definition) is 1. The normalized spacial score (nSPS) is 12.5. The first kappa shape index (κ1) is 11.3. The number of alkyl halides is 1. The molecule has 3 heteroatoms. The second-order valence-electron chi connectivity index (χ2n) is 3.09. The predicted octanol–water partition coefficient (Wildman–Crippen LogP) is 2.75. The molecular formula is C11H15ClO2. The Labute approximate surface area is 89.5 Å². The summed E-state index contributed by atoms with van der Waals surface area (Å²) in [5.74, 6) is 1.05. The van der Waals surface area contributed by atoms with E-state index in [4.69, 9.17) is 16.3 Å². The van der Waals surface area contributed by atoms with Crippen LogP contribution in [0, 0.1) is 0 Å². The van der Waals surface area contributed by atoms with Crippen LogP contribution in [0.15, 0.2) is 24.3 Å². The molecule has 0 bridgehead atoms. The molecule has 0 aromatic heterocycles. The molecule has 0 heterocycles. The molecule has 1 N–H and O–H groups in total. The summed E-state index contributed by atoms with van der Waals surface area (Å²) >= 11 is 5.53. The van der Waals surface area contributed by atoms with E-state index in [1.807, 2.05) is 24.3 Å². The molecule has 0 aliphatic heterocycles. The van der Waals surface area contributed by atoms with Crippen molar-refractivity contribution in [2.45, 2.75) is 19.4 Å². The van der Waals surface area contributed by atoms with Gasteiger partial charge in [-0.1, -0.05) is 19.1 Å². The fourth-order valence-corrected chi connectivity index (χ4v) is 1.27. The molecule has 0 radical (unpaired) electrons. The van der Waals surface area contributed by atoms with Gasteiger partial charge in [0.1, 0.15) is 5.75 Å². The van der Waals surface area contributed by atoms with Crippen LogP contribution in [0.1, 0.15) is 25.0 Å². The molecule has 0 amide bonds. The highest BCUT2D eigenvalue weighted by molar-refractivity contribution is 6.18. The monoisotopic (exact) mass is 214 g/mol. The highest BCUT2D eigenvalue weighted by Crippen LogP contribution is 2.18. The quantitative estimate of drug-likeness (QED) is 0.764. The van der Waals surface area contributed by atoms with Gasteiger partial charge in [0.05, 0.1) is 18.6 Å². The third-order valence-corrected chi connectivity index (χ3v) is 2.18. The van der Waals surface area contributed by atoms with Crippen molar-refractivity contribution in [3.63, 3.8) is 0 Å². The van der Waals surface area contributed by atoms with Crippen LogP contribution >= 0.6 is 11.6 Å². The number of ether oxygens (including phenoxy) is 1. The first-order valence-corrected chi connectivity index (χ1v) is 5.28. The van der Waals surface area contributed by atoms with Crippen molar-refractivity contribution >= 4 is 11.6 Å². The predicted molar refractivity (Wildman–Crippen MR) is 57.9 cm³/mol. The maximum Gasteiger partial charge on any atom is 0.119 e. The molecule has 0 fully saturated rings. The van der Waals surface area contributed by atoms with E-state index in [0.29, 0.717) is 0 Å². The second kappa shape index (κ2) is 5.89. The Hall–Kier alpha value is -0.730. The van der Waals surface area contributed by atoms with Gasteiger partial charge in [-0.05, 0) is 24.1 Å². The first-order chi connectivity index (χ1) is 6.77. The Kier molecular flexibility index (Phi) is 4.77. The summed E-state index contributed by atoms with van der Waals surface area (Å²) in [5, 5.41) is 9.42. The van der Waals surface area contributed by atoms with Crippen LogP contribution in [0.25, 0.3) is 0 Å². The van der Waals surface area contributed by atoms with Gasteiger partial charge in [-0.25, -0.2) is 0 Å². The van der Waals surface area contributed by atoms with Crippen LogP contribution in [0.5, 0.6) is 5.75 Å². The Morgan fingerprint density at radius 3 is 2.50 bits per heavy atom. The molecule has 0 saturated heterocycles. The van der Waals surface area contributed by atoms with Crippen LogP contribution < -0.4 is 4.74 Å². The molecule has 0 saturated carbocycles. The Balaban J connectivity index is 2.59. The zero-order chi connectivity index (χ0) is 10.4. The van der Waals surface area contributed by atoms with Gasteiger partial charge >= 0.3 is 0 Å². The van der Waals surface area contributed by atoms with Crippen LogP contribution in [-0.2, 0) is 0 Å². The van der Waals surface area contributed by atoms with E-state index in [0.717, 1.165) is 24.3 Å². The Bertz CT molecular complexity index is 258. The SMILES string of the molecule is CCCOc1ccc([C@@H](O)CCl)cc1. The minimum absolute atomic E-state index is 0.217. The minimum atomic E-state index is -0.586. The Morgan fingerprint density at radius 2 is 2.00 bits per heavy atom. The molecule has 1 aromatic rings. The highest BCUT2D eigenvalue weighted by atomic mass is 35.5. The van der Waals surface area contributed by atoms with Gasteiger partial charge in [0, 0.05) is 0 Å². The van der Waals surface area contributed by atoms with Crippen molar-refractivity contribution in [1.29, 1.82) is 0 Å². The van der Waals surface area contributed by atoms with Gasteiger partial charge in [-0.15, -0.1) is 11.6 Å². The maximum absolute atomic E-state index is 9.42. The van der Waals surface area contributed by atoms with E-state index in [2.05, 4.69) is 6.92 Å². The van der Waals surface area contributed by atoms with Crippen LogP contribution in [0.3, 0.4) is 0 Å². The van der Waals surface area contributed by atoms with Crippen molar-refractivity contribution < 1.29 is 9.84 Å². The van der Waals surface area contributed by atoms with E-state index in [1.165, 1.54) is 0 Å². The molecule has 1 aromatic carbocycles. The average Bonchev–Trinajstić information content (AvgIpc) is 2.26. The molecule has 1 rings (SSSR count). The molecule has 0 spiro atoms. The average molecular weight is 215 g/mol. The summed E-state index contributed by atoms with van der Waals surface area (Å²) in [4.78, 5) is 0. The Morgan fingerprint density at radius 1 is 1.36 bits per heavy atom. The van der Waals surface area contributed by atoms with Crippen LogP contribution in [-0.4, -0.2) is 17.6 Å². The van der Waals surface area contributed by atoms with E-state index < -0.39 is 6.10 Å². The standard InChI is InChI=1S/C11H15ClO2/c1-2-7-14-10-5-3-9(4-6-10)11(13)8-12/h3-6,11,13H,2,7-8H2,1H3/t11-/m0/s1. The van der Waals surface area contributed by atoms with E-state index in [-0.39, 0.29) is 5.88 Å². The van der Waals surface area contributed by atoms with E-state index >= 15 is 0 Å². The van der Waals surface area contributed by atoms with Gasteiger partial charge in [-0.2, -0.15) is 0 Å². The summed E-state index contributed by atoms with van der Waals surface area (Å²) in [6, 6.07) is 7.36. The molecule has 0 aliphatic rings. The van der Waals surface area contributed by atoms with Gasteiger partial charge in [0.25, 0.3) is 0 Å². The lowest BCUT2D eigenvalue weighted by Crippen LogP contribution is -1.99. The van der Waals surface area contributed by atoms with Crippen molar-refractivity contribution in [3.05, 3.63) is 29.8 Å². The maximum atomic E-state index is 9.42. The van der Waals surface area contributed by atoms with Gasteiger partial charge in [0.15, 0.2) is 0 Å². The number of hydrogen-bond acceptors (Lipinski definition) is 2. The lowest BCUT2D eigenvalue weighted by atomic mass is 10.1. The van der Waals surface area contributed by atoms with E-state index in [1.54, 1.807) is 0 Å². The number of aliphatic hydroxyl groups is 1. The molecule has 1 atom stereocenters. The van der Waals surface area contributed by atoms with Gasteiger partial charge < -0.3 is 9.84 Å². The van der Waals surface area contributed by atoms with Crippen molar-refractivity contribution in [2.75, 3.05) is 12.5 Å². The number of halogens is 1. The molecule has 14 heavy (non-hydrogen) atoms. The van der Waals surface area contributed by atoms with Crippen molar-refractivity contribution in [3.8, 4) is 5.75 Å². The zero-order valence-electron chi connectivity index (χ0n) is 8.24. The minimum Gasteiger partial charge on any atom is -0.494 e. The van der Waals surface area contributed by atoms with Crippen molar-refractivity contribution in [2.24, 2.45) is 0 Å². The molecule has 0 aliphatic carbocycles. The summed E-state index contributed by atoms with van der Waals surface area (Å²) in [6.45, 7) is 2.78. The fraction of sp³-hybridized carbons (Fsp3) is 0.455. The third kappa shape index (κ3) is 3.20. The van der Waals surface area contributed by atoms with Gasteiger partial charge in [0.2, 0.25) is 0 Å². The number of aliphatic hydroxyl groups excluding tert-OH is 1. The molecular weight excluding hydrogens is 200 g/mol. The largest absolute Gasteiger partial charge is 0.494 e. The van der Waals surface area contributed by atoms with Gasteiger partial charge in [-0.3, -0.25) is 0 Å². The highest BCUT2D eigenvalue weighted by Gasteiger charge is 2.04. The second-order valence-corrected chi connectivity index (χ2v) is 3.40. The summed E-state index contributed by atoms with van der Waals surface area (Å²) in [5.41, 5.74) is 0.823. The lowest BCUT2D eigenvalue weighted by molar-refractivity contribution is 0.202. The number of benzene rings is 1. The topological polar surface area (TPSA) is 29.5 Å². The zero-order valence-corrected chi connectivity index (χ0v) is 9.00. The van der Waals surface area contributed by atoms with Crippen LogP contribution in [0.2, 0.25) is 0 Å². The summed E-state index contributed by atoms with van der Waals surface area (Å²) in [6.07, 6.45) is 0.406. The van der Waals surface area contributed by atoms with Crippen LogP contribution in [0.4, 0.5) is 0 Å². The molecule has 2 nitrogen and oxygen atoms in total. The van der Waals surface area contributed by atoms with Crippen molar-refractivity contribution in [1.82, 2.24) is 0 Å². The molecule has 78 valence electrons. The first-order valence-electron chi connectivity index (χ1n) is 4.74. The smallest absolute Gasteiger partial charge is 0.119 e. The summed E-state index contributed by atoms with van der Waals surface area (Å²) < 4.78 is 5.41. The van der Waals surface area contributed by atoms with E-state index in [9.17, 15) is 5.11 Å². The summed E-state index contributed by atoms with van der Waals surface area (Å²) in [7, 11) is 0. The third-order valence-electron chi connectivity index (χ3n) is 1.88. The number of rotatable bonds is 5. The molecule has 0 unspecified atom stereocenters. The fourth-order valence-electron chi connectivity index (χ4n) is 1.10.